The molecule has 2 atom stereocenters. The Balaban J connectivity index is 1.17. The number of fused-ring (bicyclic) bond motifs is 3. The molecule has 2 amide bonds. The Bertz CT molecular complexity index is 1870. The number of aromatic nitrogens is 4. The van der Waals surface area contributed by atoms with E-state index in [-0.39, 0.29) is 30.8 Å². The van der Waals surface area contributed by atoms with Gasteiger partial charge < -0.3 is 24.7 Å². The monoisotopic (exact) mass is 702 g/mol. The molecule has 2 aromatic heterocycles. The summed E-state index contributed by atoms with van der Waals surface area (Å²) in [4.78, 5) is 39.7. The number of ether oxygens (including phenoxy) is 2. The van der Waals surface area contributed by atoms with Crippen molar-refractivity contribution in [1.29, 1.82) is 0 Å². The van der Waals surface area contributed by atoms with E-state index in [0.717, 1.165) is 65.9 Å². The first-order chi connectivity index (χ1) is 23.7. The number of halogens is 1. The molecule has 1 unspecified atom stereocenters. The van der Waals surface area contributed by atoms with Gasteiger partial charge in [0.1, 0.15) is 22.9 Å². The standard InChI is InChI=1S/C38H47FN6O4S/c1-8-16-44(36(47)49-38(5,6)7)22-33-40-21-32(45(33)50-39)24-13-15-28-26(18-24)19-25-17-23(12-14-27(25)28)31-20-41-34(42-31)29-10-9-11-30(29)43-35(46)48-37(2,3)4/h12-15,17-18,20-21,29-30H,8-11,16,19,22H2,1-7H3,(H,41,42)(H,43,46)/t29-,30?/m0/s1. The van der Waals surface area contributed by atoms with E-state index in [0.29, 0.717) is 18.1 Å². The predicted molar refractivity (Wildman–Crippen MR) is 194 cm³/mol. The van der Waals surface area contributed by atoms with Gasteiger partial charge in [-0.25, -0.2) is 23.5 Å². The van der Waals surface area contributed by atoms with Gasteiger partial charge in [0.05, 0.1) is 30.3 Å². The van der Waals surface area contributed by atoms with E-state index >= 15 is 0 Å². The number of aromatic amines is 1. The largest absolute Gasteiger partial charge is 0.444 e. The minimum atomic E-state index is -0.635. The van der Waals surface area contributed by atoms with Gasteiger partial charge in [0, 0.05) is 24.1 Å². The van der Waals surface area contributed by atoms with Crippen LogP contribution in [0.5, 0.6) is 0 Å². The lowest BCUT2D eigenvalue weighted by molar-refractivity contribution is 0.0228. The summed E-state index contributed by atoms with van der Waals surface area (Å²) in [6, 6.07) is 12.6. The van der Waals surface area contributed by atoms with E-state index in [1.165, 1.54) is 15.1 Å². The molecular formula is C38H47FN6O4S. The summed E-state index contributed by atoms with van der Waals surface area (Å²) < 4.78 is 27.0. The molecule has 2 aromatic carbocycles. The van der Waals surface area contributed by atoms with Crippen molar-refractivity contribution in [3.63, 3.8) is 0 Å². The third-order valence-electron chi connectivity index (χ3n) is 8.99. The van der Waals surface area contributed by atoms with Crippen LogP contribution in [-0.2, 0) is 22.4 Å². The summed E-state index contributed by atoms with van der Waals surface area (Å²) in [6.45, 7) is 13.7. The summed E-state index contributed by atoms with van der Waals surface area (Å²) >= 11 is 0.0836. The second-order valence-electron chi connectivity index (χ2n) is 15.2. The predicted octanol–water partition coefficient (Wildman–Crippen LogP) is 9.20. The van der Waals surface area contributed by atoms with E-state index in [4.69, 9.17) is 14.5 Å². The number of nitrogens with zero attached hydrogens (tertiary/aromatic N) is 4. The van der Waals surface area contributed by atoms with Crippen molar-refractivity contribution >= 4 is 24.5 Å². The SMILES string of the molecule is CCCN(Cc1ncc(-c2ccc3c(c2)Cc2cc(-c4cnc([C@H]5CCCC5NC(=O)OC(C)(C)C)[nH]4)ccc2-3)n1SF)C(=O)OC(C)(C)C. The lowest BCUT2D eigenvalue weighted by atomic mass is 10.0. The molecule has 0 radical (unpaired) electrons. The molecule has 2 heterocycles. The summed E-state index contributed by atoms with van der Waals surface area (Å²) in [5.41, 5.74) is 6.96. The number of hydrogen-bond donors (Lipinski definition) is 2. The molecule has 0 spiro atoms. The number of hydrogen-bond acceptors (Lipinski definition) is 7. The molecule has 0 saturated heterocycles. The van der Waals surface area contributed by atoms with Crippen molar-refractivity contribution in [3.8, 4) is 33.6 Å². The highest BCUT2D eigenvalue weighted by atomic mass is 32.2. The Kier molecular flexibility index (Phi) is 10.0. The maximum absolute atomic E-state index is 14.5. The normalized spacial score (nSPS) is 17.0. The highest BCUT2D eigenvalue weighted by Crippen LogP contribution is 2.41. The van der Waals surface area contributed by atoms with Crippen LogP contribution < -0.4 is 5.32 Å². The topological polar surface area (TPSA) is 114 Å². The van der Waals surface area contributed by atoms with Gasteiger partial charge in [0.25, 0.3) is 0 Å². The second kappa shape index (κ2) is 14.1. The minimum absolute atomic E-state index is 0.0315. The van der Waals surface area contributed by atoms with Crippen molar-refractivity contribution in [2.75, 3.05) is 6.54 Å². The molecule has 2 N–H and O–H groups in total. The van der Waals surface area contributed by atoms with Gasteiger partial charge in [-0.05, 0) is 107 Å². The van der Waals surface area contributed by atoms with Crippen LogP contribution in [0.1, 0.15) is 103 Å². The van der Waals surface area contributed by atoms with E-state index in [1.807, 2.05) is 60.7 Å². The molecule has 4 aromatic rings. The number of imidazole rings is 2. The number of nitrogens with one attached hydrogen (secondary N) is 2. The number of carbonyl (C=O) groups is 2. The average Bonchev–Trinajstić information content (AvgIpc) is 3.83. The summed E-state index contributed by atoms with van der Waals surface area (Å²) in [5.74, 6) is 1.40. The fourth-order valence-electron chi connectivity index (χ4n) is 6.88. The Morgan fingerprint density at radius 1 is 0.980 bits per heavy atom. The Morgan fingerprint density at radius 2 is 1.66 bits per heavy atom. The van der Waals surface area contributed by atoms with Gasteiger partial charge >= 0.3 is 12.2 Å². The highest BCUT2D eigenvalue weighted by Gasteiger charge is 2.33. The fraction of sp³-hybridized carbons (Fsp3) is 0.474. The van der Waals surface area contributed by atoms with Gasteiger partial charge in [0.15, 0.2) is 12.3 Å². The van der Waals surface area contributed by atoms with Crippen molar-refractivity contribution in [2.24, 2.45) is 0 Å². The third-order valence-corrected chi connectivity index (χ3v) is 9.53. The smallest absolute Gasteiger partial charge is 0.410 e. The summed E-state index contributed by atoms with van der Waals surface area (Å²) in [7, 11) is 0. The molecule has 50 heavy (non-hydrogen) atoms. The number of benzene rings is 2. The molecule has 266 valence electrons. The van der Waals surface area contributed by atoms with E-state index in [2.05, 4.69) is 45.6 Å². The Labute approximate surface area is 298 Å². The fourth-order valence-corrected chi connectivity index (χ4v) is 7.30. The summed E-state index contributed by atoms with van der Waals surface area (Å²) in [5, 5.41) is 3.06. The first-order valence-electron chi connectivity index (χ1n) is 17.4. The van der Waals surface area contributed by atoms with Gasteiger partial charge in [-0.1, -0.05) is 37.6 Å². The number of rotatable bonds is 9. The molecule has 12 heteroatoms. The molecule has 0 aliphatic heterocycles. The number of alkyl carbamates (subject to hydrolysis) is 1. The van der Waals surface area contributed by atoms with Gasteiger partial charge in [0.2, 0.25) is 0 Å². The lowest BCUT2D eigenvalue weighted by Crippen LogP contribution is -2.40. The maximum atomic E-state index is 14.5. The van der Waals surface area contributed by atoms with E-state index in [1.54, 1.807) is 11.1 Å². The first kappa shape index (κ1) is 35.5. The molecule has 10 nitrogen and oxygen atoms in total. The first-order valence-corrected chi connectivity index (χ1v) is 18.1. The average molecular weight is 703 g/mol. The van der Waals surface area contributed by atoms with Crippen molar-refractivity contribution in [3.05, 3.63) is 71.6 Å². The summed E-state index contributed by atoms with van der Waals surface area (Å²) in [6.07, 6.45) is 7.00. The van der Waals surface area contributed by atoms with E-state index in [9.17, 15) is 13.5 Å². The number of amides is 2. The zero-order valence-electron chi connectivity index (χ0n) is 29.9. The number of H-pyrrole nitrogens is 1. The maximum Gasteiger partial charge on any atom is 0.410 e. The van der Waals surface area contributed by atoms with Crippen molar-refractivity contribution < 1.29 is 22.9 Å². The third kappa shape index (κ3) is 7.85. The van der Waals surface area contributed by atoms with Crippen LogP contribution >= 0.6 is 12.3 Å². The van der Waals surface area contributed by atoms with Crippen LogP contribution in [-0.4, -0.2) is 59.8 Å². The zero-order chi connectivity index (χ0) is 35.8. The molecular weight excluding hydrogens is 656 g/mol. The second-order valence-corrected chi connectivity index (χ2v) is 15.7. The van der Waals surface area contributed by atoms with Gasteiger partial charge in [-0.3, -0.25) is 0 Å². The van der Waals surface area contributed by atoms with E-state index < -0.39 is 23.4 Å². The van der Waals surface area contributed by atoms with Crippen LogP contribution in [0.2, 0.25) is 0 Å². The van der Waals surface area contributed by atoms with Crippen LogP contribution in [0.25, 0.3) is 33.6 Å². The van der Waals surface area contributed by atoms with Gasteiger partial charge in [-0.15, -0.1) is 3.89 Å². The van der Waals surface area contributed by atoms with Crippen molar-refractivity contribution in [1.82, 2.24) is 29.1 Å². The van der Waals surface area contributed by atoms with Crippen molar-refractivity contribution in [2.45, 2.75) is 110 Å². The molecule has 6 rings (SSSR count). The Hall–Kier alpha value is -4.32. The molecule has 1 saturated carbocycles. The van der Waals surface area contributed by atoms with Gasteiger partial charge in [-0.2, -0.15) is 0 Å². The van der Waals surface area contributed by atoms with Crippen LogP contribution in [0.3, 0.4) is 0 Å². The quantitative estimate of drug-likeness (QED) is 0.157. The zero-order valence-corrected chi connectivity index (χ0v) is 30.7. The van der Waals surface area contributed by atoms with Crippen LogP contribution in [0.15, 0.2) is 48.8 Å². The minimum Gasteiger partial charge on any atom is -0.444 e. The highest BCUT2D eigenvalue weighted by molar-refractivity contribution is 7.92. The molecule has 2 aliphatic rings. The molecule has 2 aliphatic carbocycles. The van der Waals surface area contributed by atoms with Crippen LogP contribution in [0.4, 0.5) is 13.5 Å². The Morgan fingerprint density at radius 3 is 2.32 bits per heavy atom. The lowest BCUT2D eigenvalue weighted by Gasteiger charge is -2.27. The molecule has 0 bridgehead atoms. The molecule has 1 fully saturated rings. The number of carbonyl (C=O) groups excluding carboxylic acids is 2. The van der Waals surface area contributed by atoms with Crippen LogP contribution in [0, 0.1) is 0 Å².